The Kier molecular flexibility index (Phi) is 7.16. The van der Waals surface area contributed by atoms with Gasteiger partial charge in [-0.1, -0.05) is 43.3 Å². The molecule has 6 nitrogen and oxygen atoms in total. The quantitative estimate of drug-likeness (QED) is 0.467. The number of rotatable bonds is 9. The third-order valence-corrected chi connectivity index (χ3v) is 6.12. The van der Waals surface area contributed by atoms with Crippen molar-refractivity contribution in [1.29, 1.82) is 0 Å². The highest BCUT2D eigenvalue weighted by Crippen LogP contribution is 2.37. The van der Waals surface area contributed by atoms with Gasteiger partial charge in [0.2, 0.25) is 5.91 Å². The molecule has 34 heavy (non-hydrogen) atoms. The van der Waals surface area contributed by atoms with E-state index in [1.54, 1.807) is 12.0 Å². The van der Waals surface area contributed by atoms with Gasteiger partial charge in [0.05, 0.1) is 26.2 Å². The Bertz CT molecular complexity index is 1170. The van der Waals surface area contributed by atoms with Crippen molar-refractivity contribution in [3.05, 3.63) is 89.0 Å². The average Bonchev–Trinajstić information content (AvgIpc) is 3.20. The maximum atomic E-state index is 13.3. The van der Waals surface area contributed by atoms with E-state index in [4.69, 9.17) is 9.47 Å². The maximum absolute atomic E-state index is 13.3. The van der Waals surface area contributed by atoms with Crippen LogP contribution in [0.5, 0.6) is 11.5 Å². The van der Waals surface area contributed by atoms with Gasteiger partial charge in [-0.2, -0.15) is 0 Å². The fourth-order valence-corrected chi connectivity index (χ4v) is 4.31. The third kappa shape index (κ3) is 4.91. The van der Waals surface area contributed by atoms with E-state index in [0.29, 0.717) is 30.2 Å². The zero-order chi connectivity index (χ0) is 24.1. The highest BCUT2D eigenvalue weighted by Gasteiger charge is 2.34. The highest BCUT2D eigenvalue weighted by atomic mass is 16.5. The molecule has 0 saturated heterocycles. The lowest BCUT2D eigenvalue weighted by Gasteiger charge is -2.28. The summed E-state index contributed by atoms with van der Waals surface area (Å²) in [4.78, 5) is 28.2. The van der Waals surface area contributed by atoms with Gasteiger partial charge in [-0.25, -0.2) is 0 Å². The van der Waals surface area contributed by atoms with E-state index in [1.807, 2.05) is 73.7 Å². The first-order chi connectivity index (χ1) is 16.5. The number of carbonyl (C=O) groups excluding carboxylic acids is 2. The molecule has 0 spiro atoms. The summed E-state index contributed by atoms with van der Waals surface area (Å²) in [5.74, 6) is 0.965. The number of amides is 2. The zero-order valence-electron chi connectivity index (χ0n) is 19.8. The van der Waals surface area contributed by atoms with Crippen LogP contribution in [0, 0.1) is 0 Å². The normalized spacial score (nSPS) is 13.4. The second kappa shape index (κ2) is 10.4. The summed E-state index contributed by atoms with van der Waals surface area (Å²) in [5.41, 5.74) is 4.41. The molecule has 1 aliphatic heterocycles. The van der Waals surface area contributed by atoms with E-state index in [1.165, 1.54) is 5.56 Å². The molecule has 1 N–H and O–H groups in total. The van der Waals surface area contributed by atoms with Gasteiger partial charge in [-0.3, -0.25) is 9.59 Å². The molecule has 0 saturated carbocycles. The first kappa shape index (κ1) is 23.4. The van der Waals surface area contributed by atoms with Crippen LogP contribution in [-0.2, 0) is 17.8 Å². The van der Waals surface area contributed by atoms with Crippen LogP contribution in [0.3, 0.4) is 0 Å². The fourth-order valence-electron chi connectivity index (χ4n) is 4.31. The van der Waals surface area contributed by atoms with E-state index in [9.17, 15) is 9.59 Å². The van der Waals surface area contributed by atoms with Gasteiger partial charge in [0, 0.05) is 17.8 Å². The van der Waals surface area contributed by atoms with E-state index in [0.717, 1.165) is 23.2 Å². The molecule has 6 heteroatoms. The number of ether oxygens (including phenoxy) is 2. The number of hydrogen-bond acceptors (Lipinski definition) is 4. The monoisotopic (exact) mass is 458 g/mol. The summed E-state index contributed by atoms with van der Waals surface area (Å²) in [6, 6.07) is 20.5. The minimum atomic E-state index is -0.459. The average molecular weight is 459 g/mol. The van der Waals surface area contributed by atoms with Gasteiger partial charge in [-0.05, 0) is 60.4 Å². The Hall–Kier alpha value is -3.80. The molecule has 3 aromatic carbocycles. The van der Waals surface area contributed by atoms with Crippen molar-refractivity contribution >= 4 is 17.5 Å². The molecule has 1 unspecified atom stereocenters. The molecule has 0 bridgehead atoms. The van der Waals surface area contributed by atoms with E-state index < -0.39 is 6.04 Å². The molecule has 3 aromatic rings. The number of hydrogen-bond donors (Lipinski definition) is 1. The molecule has 1 atom stereocenters. The number of aryl methyl sites for hydroxylation is 1. The van der Waals surface area contributed by atoms with Gasteiger partial charge in [0.15, 0.2) is 11.5 Å². The standard InChI is InChI=1S/C28H30N2O4/c1-4-19-10-13-22(14-11-19)29-27(31)17-24(20-12-15-25(34-5-2)26(16-20)33-3)30-18-21-8-6-7-9-23(21)28(30)32/h6-16,24H,4-5,17-18H2,1-3H3,(H,29,31). The SMILES string of the molecule is CCOc1ccc(C(CC(=O)Nc2ccc(CC)cc2)N2Cc3ccccc3C2=O)cc1OC. The third-order valence-electron chi connectivity index (χ3n) is 6.12. The number of nitrogens with one attached hydrogen (secondary N) is 1. The first-order valence-electron chi connectivity index (χ1n) is 11.6. The second-order valence-corrected chi connectivity index (χ2v) is 8.25. The summed E-state index contributed by atoms with van der Waals surface area (Å²) < 4.78 is 11.2. The van der Waals surface area contributed by atoms with Crippen LogP contribution in [0.25, 0.3) is 0 Å². The first-order valence-corrected chi connectivity index (χ1v) is 11.6. The van der Waals surface area contributed by atoms with E-state index in [2.05, 4.69) is 12.2 Å². The van der Waals surface area contributed by atoms with Gasteiger partial charge in [0.1, 0.15) is 0 Å². The highest BCUT2D eigenvalue weighted by molar-refractivity contribution is 5.99. The molecule has 1 heterocycles. The molecular formula is C28H30N2O4. The summed E-state index contributed by atoms with van der Waals surface area (Å²) in [5, 5.41) is 2.98. The molecule has 0 radical (unpaired) electrons. The van der Waals surface area contributed by atoms with E-state index in [-0.39, 0.29) is 18.2 Å². The molecule has 0 fully saturated rings. The second-order valence-electron chi connectivity index (χ2n) is 8.25. The Morgan fingerprint density at radius 3 is 2.47 bits per heavy atom. The molecule has 2 amide bonds. The van der Waals surface area contributed by atoms with E-state index >= 15 is 0 Å². The maximum Gasteiger partial charge on any atom is 0.255 e. The van der Waals surface area contributed by atoms with Crippen molar-refractivity contribution in [2.45, 2.75) is 39.3 Å². The summed E-state index contributed by atoms with van der Waals surface area (Å²) in [6.45, 7) is 4.97. The Balaban J connectivity index is 1.63. The molecule has 1 aliphatic rings. The fraction of sp³-hybridized carbons (Fsp3) is 0.286. The molecule has 0 aliphatic carbocycles. The number of carbonyl (C=O) groups is 2. The predicted molar refractivity (Wildman–Crippen MR) is 132 cm³/mol. The zero-order valence-corrected chi connectivity index (χ0v) is 19.8. The lowest BCUT2D eigenvalue weighted by Crippen LogP contribution is -2.32. The van der Waals surface area contributed by atoms with Crippen molar-refractivity contribution in [3.8, 4) is 11.5 Å². The van der Waals surface area contributed by atoms with Crippen molar-refractivity contribution in [3.63, 3.8) is 0 Å². The van der Waals surface area contributed by atoms with Crippen LogP contribution in [0.1, 0.15) is 53.4 Å². The van der Waals surface area contributed by atoms with Crippen molar-refractivity contribution in [2.24, 2.45) is 0 Å². The number of methoxy groups -OCH3 is 1. The lowest BCUT2D eigenvalue weighted by atomic mass is 10.0. The number of nitrogens with zero attached hydrogens (tertiary/aromatic N) is 1. The smallest absolute Gasteiger partial charge is 0.255 e. The van der Waals surface area contributed by atoms with Crippen LogP contribution < -0.4 is 14.8 Å². The summed E-state index contributed by atoms with van der Waals surface area (Å²) in [6.07, 6.45) is 1.06. The number of benzene rings is 3. The topological polar surface area (TPSA) is 67.9 Å². The Morgan fingerprint density at radius 2 is 1.79 bits per heavy atom. The molecule has 176 valence electrons. The molecule has 0 aromatic heterocycles. The Labute approximate surface area is 200 Å². The van der Waals surface area contributed by atoms with Gasteiger partial charge < -0.3 is 19.7 Å². The van der Waals surface area contributed by atoms with Crippen LogP contribution in [0.4, 0.5) is 5.69 Å². The van der Waals surface area contributed by atoms with Crippen molar-refractivity contribution in [2.75, 3.05) is 19.0 Å². The minimum absolute atomic E-state index is 0.0754. The Morgan fingerprint density at radius 1 is 1.03 bits per heavy atom. The van der Waals surface area contributed by atoms with Gasteiger partial charge in [-0.15, -0.1) is 0 Å². The largest absolute Gasteiger partial charge is 0.493 e. The minimum Gasteiger partial charge on any atom is -0.493 e. The summed E-state index contributed by atoms with van der Waals surface area (Å²) >= 11 is 0. The lowest BCUT2D eigenvalue weighted by molar-refractivity contribution is -0.117. The predicted octanol–water partition coefficient (Wildman–Crippen LogP) is 5.38. The van der Waals surface area contributed by atoms with Crippen molar-refractivity contribution in [1.82, 2.24) is 4.90 Å². The van der Waals surface area contributed by atoms with Crippen LogP contribution >= 0.6 is 0 Å². The van der Waals surface area contributed by atoms with Gasteiger partial charge in [0.25, 0.3) is 5.91 Å². The number of anilines is 1. The molecular weight excluding hydrogens is 428 g/mol. The van der Waals surface area contributed by atoms with Crippen molar-refractivity contribution < 1.29 is 19.1 Å². The number of fused-ring (bicyclic) bond motifs is 1. The van der Waals surface area contributed by atoms with Crippen LogP contribution in [0.2, 0.25) is 0 Å². The summed E-state index contributed by atoms with van der Waals surface area (Å²) in [7, 11) is 1.58. The van der Waals surface area contributed by atoms with Crippen LogP contribution in [0.15, 0.2) is 66.7 Å². The molecule has 4 rings (SSSR count). The van der Waals surface area contributed by atoms with Crippen LogP contribution in [-0.4, -0.2) is 30.4 Å². The van der Waals surface area contributed by atoms with Gasteiger partial charge >= 0.3 is 0 Å².